The molecule has 0 N–H and O–H groups in total. The summed E-state index contributed by atoms with van der Waals surface area (Å²) in [6.45, 7) is 11.7. The number of aryl methyl sites for hydroxylation is 1. The van der Waals surface area contributed by atoms with Gasteiger partial charge in [-0.15, -0.1) is 11.3 Å². The molecule has 0 aliphatic carbocycles. The molecular formula is C18H30N4O2S2. The first-order valence-corrected chi connectivity index (χ1v) is 11.4. The van der Waals surface area contributed by atoms with E-state index in [1.54, 1.807) is 31.4 Å². The van der Waals surface area contributed by atoms with Gasteiger partial charge in [-0.05, 0) is 40.2 Å². The Morgan fingerprint density at radius 1 is 1.23 bits per heavy atom. The van der Waals surface area contributed by atoms with E-state index in [9.17, 15) is 8.42 Å². The van der Waals surface area contributed by atoms with Crippen molar-refractivity contribution in [3.8, 4) is 0 Å². The van der Waals surface area contributed by atoms with E-state index in [-0.39, 0.29) is 5.16 Å². The first-order valence-electron chi connectivity index (χ1n) is 8.99. The van der Waals surface area contributed by atoms with Crippen LogP contribution in [0, 0.1) is 12.8 Å². The quantitative estimate of drug-likeness (QED) is 0.646. The lowest BCUT2D eigenvalue weighted by molar-refractivity contribution is 0.302. The van der Waals surface area contributed by atoms with Crippen LogP contribution in [0.5, 0.6) is 0 Å². The molecule has 0 aliphatic heterocycles. The van der Waals surface area contributed by atoms with Crippen LogP contribution < -0.4 is 0 Å². The number of imidazole rings is 1. The predicted molar refractivity (Wildman–Crippen MR) is 106 cm³/mol. The third-order valence-corrected chi connectivity index (χ3v) is 7.14. The molecule has 6 nitrogen and oxygen atoms in total. The van der Waals surface area contributed by atoms with Crippen LogP contribution >= 0.6 is 11.3 Å². The number of hydrogen-bond acceptors (Lipinski definition) is 6. The normalized spacial score (nSPS) is 12.7. The van der Waals surface area contributed by atoms with Crippen molar-refractivity contribution in [1.29, 1.82) is 0 Å². The summed E-state index contributed by atoms with van der Waals surface area (Å²) in [4.78, 5) is 10.9. The summed E-state index contributed by atoms with van der Waals surface area (Å²) in [6.07, 6.45) is 2.62. The zero-order valence-corrected chi connectivity index (χ0v) is 18.2. The van der Waals surface area contributed by atoms with Crippen molar-refractivity contribution in [2.24, 2.45) is 5.92 Å². The van der Waals surface area contributed by atoms with Gasteiger partial charge < -0.3 is 4.57 Å². The molecule has 0 aliphatic rings. The summed E-state index contributed by atoms with van der Waals surface area (Å²) in [5.74, 6) is 0.496. The molecule has 2 aromatic heterocycles. The first-order chi connectivity index (χ1) is 12.1. The van der Waals surface area contributed by atoms with E-state index in [2.05, 4.69) is 34.1 Å². The molecule has 0 fully saturated rings. The maximum Gasteiger partial charge on any atom is 0.228 e. The van der Waals surface area contributed by atoms with E-state index in [1.165, 1.54) is 0 Å². The Kier molecular flexibility index (Phi) is 6.99. The maximum absolute atomic E-state index is 12.7. The number of sulfone groups is 1. The SMILES string of the molecule is Cc1nc(CN(C)Cc2cnc(S(=O)(=O)C(C)C)n2CCC(C)C)cs1. The molecule has 0 saturated heterocycles. The number of hydrogen-bond donors (Lipinski definition) is 0. The van der Waals surface area contributed by atoms with Crippen molar-refractivity contribution in [3.63, 3.8) is 0 Å². The first kappa shape index (κ1) is 21.1. The van der Waals surface area contributed by atoms with Crippen LogP contribution in [0.4, 0.5) is 0 Å². The van der Waals surface area contributed by atoms with Gasteiger partial charge >= 0.3 is 0 Å². The van der Waals surface area contributed by atoms with Gasteiger partial charge in [-0.3, -0.25) is 4.90 Å². The highest BCUT2D eigenvalue weighted by Crippen LogP contribution is 2.20. The zero-order valence-electron chi connectivity index (χ0n) is 16.6. The molecule has 146 valence electrons. The second-order valence-corrected chi connectivity index (χ2v) is 11.0. The molecule has 0 aromatic carbocycles. The summed E-state index contributed by atoms with van der Waals surface area (Å²) in [5.41, 5.74) is 1.97. The minimum atomic E-state index is -3.40. The van der Waals surface area contributed by atoms with Crippen molar-refractivity contribution in [2.75, 3.05) is 7.05 Å². The van der Waals surface area contributed by atoms with Gasteiger partial charge in [-0.1, -0.05) is 13.8 Å². The highest BCUT2D eigenvalue weighted by atomic mass is 32.2. The van der Waals surface area contributed by atoms with Gasteiger partial charge in [0, 0.05) is 25.0 Å². The fourth-order valence-corrected chi connectivity index (χ4v) is 4.41. The smallest absolute Gasteiger partial charge is 0.228 e. The van der Waals surface area contributed by atoms with Crippen molar-refractivity contribution in [2.45, 2.75) is 71.1 Å². The van der Waals surface area contributed by atoms with Gasteiger partial charge in [-0.25, -0.2) is 18.4 Å². The lowest BCUT2D eigenvalue weighted by Crippen LogP contribution is -2.23. The van der Waals surface area contributed by atoms with E-state index in [0.717, 1.165) is 29.4 Å². The number of thiazole rings is 1. The summed E-state index contributed by atoms with van der Waals surface area (Å²) < 4.78 is 27.3. The average molecular weight is 399 g/mol. The van der Waals surface area contributed by atoms with Gasteiger partial charge in [0.2, 0.25) is 15.0 Å². The summed E-state index contributed by atoms with van der Waals surface area (Å²) >= 11 is 1.64. The number of nitrogens with zero attached hydrogens (tertiary/aromatic N) is 4. The van der Waals surface area contributed by atoms with Crippen LogP contribution in [0.1, 0.15) is 50.5 Å². The fourth-order valence-electron chi connectivity index (χ4n) is 2.67. The van der Waals surface area contributed by atoms with Crippen molar-refractivity contribution in [1.82, 2.24) is 19.4 Å². The Morgan fingerprint density at radius 2 is 1.92 bits per heavy atom. The standard InChI is InChI=1S/C18H30N4O2S2/c1-13(2)7-8-22-17(9-19-18(22)26(23,24)14(3)4)11-21(6)10-16-12-25-15(5)20-16/h9,12-14H,7-8,10-11H2,1-6H3. The van der Waals surface area contributed by atoms with Crippen molar-refractivity contribution < 1.29 is 8.42 Å². The Bertz CT molecular complexity index is 822. The van der Waals surface area contributed by atoms with Crippen LogP contribution in [0.15, 0.2) is 16.7 Å². The van der Waals surface area contributed by atoms with Gasteiger partial charge in [-0.2, -0.15) is 0 Å². The van der Waals surface area contributed by atoms with Crippen LogP contribution in [-0.4, -0.2) is 40.2 Å². The molecule has 2 aromatic rings. The zero-order chi connectivity index (χ0) is 19.5. The molecule has 0 spiro atoms. The van der Waals surface area contributed by atoms with E-state index >= 15 is 0 Å². The molecule has 0 atom stereocenters. The molecule has 8 heteroatoms. The Morgan fingerprint density at radius 3 is 2.46 bits per heavy atom. The second-order valence-electron chi connectivity index (χ2n) is 7.49. The van der Waals surface area contributed by atoms with Gasteiger partial charge in [0.1, 0.15) is 0 Å². The molecule has 0 amide bonds. The third-order valence-electron chi connectivity index (χ3n) is 4.24. The molecule has 26 heavy (non-hydrogen) atoms. The Hall–Kier alpha value is -1.25. The second kappa shape index (κ2) is 8.63. The van der Waals surface area contributed by atoms with Crippen LogP contribution in [0.25, 0.3) is 0 Å². The number of rotatable bonds is 9. The maximum atomic E-state index is 12.7. The van der Waals surface area contributed by atoms with Crippen molar-refractivity contribution >= 4 is 21.2 Å². The highest BCUT2D eigenvalue weighted by Gasteiger charge is 2.27. The number of aromatic nitrogens is 3. The molecule has 2 heterocycles. The highest BCUT2D eigenvalue weighted by molar-refractivity contribution is 7.91. The summed E-state index contributed by atoms with van der Waals surface area (Å²) in [7, 11) is -1.38. The summed E-state index contributed by atoms with van der Waals surface area (Å²) in [6, 6.07) is 0. The molecular weight excluding hydrogens is 368 g/mol. The third kappa shape index (κ3) is 5.14. The molecule has 0 unspecified atom stereocenters. The monoisotopic (exact) mass is 398 g/mol. The van der Waals surface area contributed by atoms with Crippen molar-refractivity contribution in [3.05, 3.63) is 28.0 Å². The molecule has 0 bridgehead atoms. The predicted octanol–water partition coefficient (Wildman–Crippen LogP) is 3.51. The largest absolute Gasteiger partial charge is 0.318 e. The van der Waals surface area contributed by atoms with E-state index in [1.807, 2.05) is 18.5 Å². The lowest BCUT2D eigenvalue weighted by atomic mass is 10.1. The lowest BCUT2D eigenvalue weighted by Gasteiger charge is -2.19. The van der Waals surface area contributed by atoms with E-state index in [0.29, 0.717) is 19.0 Å². The van der Waals surface area contributed by atoms with Gasteiger partial charge in [0.25, 0.3) is 0 Å². The Balaban J connectivity index is 2.25. The molecule has 0 saturated carbocycles. The topological polar surface area (TPSA) is 68.1 Å². The van der Waals surface area contributed by atoms with E-state index in [4.69, 9.17) is 0 Å². The minimum Gasteiger partial charge on any atom is -0.318 e. The van der Waals surface area contributed by atoms with Crippen LogP contribution in [-0.2, 0) is 29.5 Å². The average Bonchev–Trinajstić information content (AvgIpc) is 3.11. The molecule has 2 rings (SSSR count). The van der Waals surface area contributed by atoms with Gasteiger partial charge in [0.05, 0.1) is 27.8 Å². The summed E-state index contributed by atoms with van der Waals surface area (Å²) in [5, 5.41) is 2.84. The fraction of sp³-hybridized carbons (Fsp3) is 0.667. The van der Waals surface area contributed by atoms with E-state index < -0.39 is 15.1 Å². The Labute approximate surface area is 161 Å². The molecule has 0 radical (unpaired) electrons. The van der Waals surface area contributed by atoms with Crippen LogP contribution in [0.3, 0.4) is 0 Å². The van der Waals surface area contributed by atoms with Crippen LogP contribution in [0.2, 0.25) is 0 Å². The van der Waals surface area contributed by atoms with Gasteiger partial charge in [0.15, 0.2) is 0 Å². The minimum absolute atomic E-state index is 0.195.